The topological polar surface area (TPSA) is 17.1 Å². The van der Waals surface area contributed by atoms with Crippen molar-refractivity contribution in [3.8, 4) is 0 Å². The third kappa shape index (κ3) is 3.24. The zero-order valence-corrected chi connectivity index (χ0v) is 8.49. The van der Waals surface area contributed by atoms with Crippen LogP contribution in [0.3, 0.4) is 0 Å². The minimum Gasteiger partial charge on any atom is -0.298 e. The van der Waals surface area contributed by atoms with Crippen molar-refractivity contribution in [3.63, 3.8) is 0 Å². The Morgan fingerprint density at radius 2 is 2.00 bits per heavy atom. The van der Waals surface area contributed by atoms with E-state index in [-0.39, 0.29) is 0 Å². The molecule has 0 spiro atoms. The average Bonchev–Trinajstić information content (AvgIpc) is 2.07. The molecule has 0 unspecified atom stereocenters. The van der Waals surface area contributed by atoms with E-state index in [1.54, 1.807) is 19.1 Å². The number of allylic oxidation sites excluding steroid dienone is 5. The van der Waals surface area contributed by atoms with E-state index in [0.717, 1.165) is 0 Å². The summed E-state index contributed by atoms with van der Waals surface area (Å²) in [6, 6.07) is 0. The Morgan fingerprint density at radius 3 is 2.33 bits per heavy atom. The van der Waals surface area contributed by atoms with Gasteiger partial charge in [-0.15, -0.1) is 0 Å². The van der Waals surface area contributed by atoms with E-state index < -0.39 is 0 Å². The zero-order chi connectivity index (χ0) is 9.56. The first-order chi connectivity index (χ1) is 5.67. The number of hydrogen-bond acceptors (Lipinski definition) is 1. The quantitative estimate of drug-likeness (QED) is 0.392. The predicted octanol–water partition coefficient (Wildman–Crippen LogP) is 3.40. The molecule has 0 saturated carbocycles. The molecule has 3 heteroatoms. The zero-order valence-electron chi connectivity index (χ0n) is 6.97. The molecule has 0 aromatic heterocycles. The Balaban J connectivity index is 4.87. The maximum absolute atomic E-state index is 10.4. The molecular formula is C9H10Cl2O. The summed E-state index contributed by atoms with van der Waals surface area (Å²) in [4.78, 5) is 10.4. The van der Waals surface area contributed by atoms with Crippen LogP contribution < -0.4 is 0 Å². The molecule has 0 aromatic carbocycles. The molecule has 0 atom stereocenters. The largest absolute Gasteiger partial charge is 0.298 e. The van der Waals surface area contributed by atoms with Gasteiger partial charge in [0.2, 0.25) is 0 Å². The highest BCUT2D eigenvalue weighted by molar-refractivity contribution is 6.32. The Hall–Kier alpha value is -0.530. The van der Waals surface area contributed by atoms with Gasteiger partial charge < -0.3 is 0 Å². The van der Waals surface area contributed by atoms with Gasteiger partial charge in [0.15, 0.2) is 6.29 Å². The average molecular weight is 205 g/mol. The fourth-order valence-electron chi connectivity index (χ4n) is 0.605. The van der Waals surface area contributed by atoms with Crippen LogP contribution in [0.5, 0.6) is 0 Å². The minimum atomic E-state index is 0.403. The lowest BCUT2D eigenvalue weighted by atomic mass is 10.1. The summed E-state index contributed by atoms with van der Waals surface area (Å²) in [5.74, 6) is 0. The van der Waals surface area contributed by atoms with Crippen LogP contribution in [0.1, 0.15) is 13.8 Å². The van der Waals surface area contributed by atoms with Gasteiger partial charge in [-0.05, 0) is 25.5 Å². The number of aldehydes is 1. The van der Waals surface area contributed by atoms with Crippen molar-refractivity contribution in [2.75, 3.05) is 0 Å². The van der Waals surface area contributed by atoms with E-state index in [1.807, 2.05) is 6.92 Å². The van der Waals surface area contributed by atoms with Gasteiger partial charge in [-0.25, -0.2) is 0 Å². The summed E-state index contributed by atoms with van der Waals surface area (Å²) in [6.45, 7) is 3.59. The van der Waals surface area contributed by atoms with E-state index >= 15 is 0 Å². The summed E-state index contributed by atoms with van der Waals surface area (Å²) in [5.41, 5.74) is 2.30. The van der Waals surface area contributed by atoms with Crippen molar-refractivity contribution in [3.05, 3.63) is 33.9 Å². The lowest BCUT2D eigenvalue weighted by Gasteiger charge is -1.99. The highest BCUT2D eigenvalue weighted by atomic mass is 35.5. The van der Waals surface area contributed by atoms with Crippen molar-refractivity contribution in [1.29, 1.82) is 0 Å². The molecule has 0 bridgehead atoms. The molecule has 0 radical (unpaired) electrons. The molecule has 12 heavy (non-hydrogen) atoms. The molecule has 0 N–H and O–H groups in total. The van der Waals surface area contributed by atoms with Crippen molar-refractivity contribution >= 4 is 29.5 Å². The molecule has 0 aliphatic rings. The second kappa shape index (κ2) is 6.04. The SMILES string of the molecule is C\C=C/C(Cl)=C(C)\C(C=O)=C\Cl. The Kier molecular flexibility index (Phi) is 5.77. The van der Waals surface area contributed by atoms with Gasteiger partial charge in [-0.1, -0.05) is 29.3 Å². The molecule has 0 amide bonds. The van der Waals surface area contributed by atoms with Gasteiger partial charge in [0, 0.05) is 16.1 Å². The van der Waals surface area contributed by atoms with Crippen molar-refractivity contribution in [2.24, 2.45) is 0 Å². The molecule has 66 valence electrons. The maximum Gasteiger partial charge on any atom is 0.151 e. The predicted molar refractivity (Wildman–Crippen MR) is 53.4 cm³/mol. The second-order valence-corrected chi connectivity index (χ2v) is 2.78. The summed E-state index contributed by atoms with van der Waals surface area (Å²) in [7, 11) is 0. The molecular weight excluding hydrogens is 195 g/mol. The second-order valence-electron chi connectivity index (χ2n) is 2.16. The van der Waals surface area contributed by atoms with Crippen LogP contribution in [0.2, 0.25) is 0 Å². The minimum absolute atomic E-state index is 0.403. The molecule has 0 aliphatic carbocycles. The van der Waals surface area contributed by atoms with Crippen LogP contribution in [0.15, 0.2) is 33.9 Å². The van der Waals surface area contributed by atoms with Crippen LogP contribution in [0.25, 0.3) is 0 Å². The number of rotatable bonds is 3. The highest BCUT2D eigenvalue weighted by Gasteiger charge is 2.01. The lowest BCUT2D eigenvalue weighted by Crippen LogP contribution is -1.87. The molecule has 0 aliphatic heterocycles. The fourth-order valence-corrected chi connectivity index (χ4v) is 1.06. The van der Waals surface area contributed by atoms with E-state index in [0.29, 0.717) is 22.5 Å². The lowest BCUT2D eigenvalue weighted by molar-refractivity contribution is -0.104. The summed E-state index contributed by atoms with van der Waals surface area (Å²) in [5, 5.41) is 0.525. The maximum atomic E-state index is 10.4. The smallest absolute Gasteiger partial charge is 0.151 e. The number of halogens is 2. The molecule has 0 aromatic rings. The third-order valence-corrected chi connectivity index (χ3v) is 1.99. The molecule has 1 nitrogen and oxygen atoms in total. The normalized spacial score (nSPS) is 14.8. The first-order valence-electron chi connectivity index (χ1n) is 3.42. The fraction of sp³-hybridized carbons (Fsp3) is 0.222. The first kappa shape index (κ1) is 11.5. The van der Waals surface area contributed by atoms with Gasteiger partial charge in [-0.2, -0.15) is 0 Å². The van der Waals surface area contributed by atoms with Crippen LogP contribution in [0, 0.1) is 0 Å². The van der Waals surface area contributed by atoms with Gasteiger partial charge in [0.25, 0.3) is 0 Å². The van der Waals surface area contributed by atoms with E-state index in [2.05, 4.69) is 0 Å². The Labute approximate surface area is 82.4 Å². The monoisotopic (exact) mass is 204 g/mol. The number of carbonyl (C=O) groups excluding carboxylic acids is 1. The van der Waals surface area contributed by atoms with E-state index in [4.69, 9.17) is 23.2 Å². The van der Waals surface area contributed by atoms with Crippen molar-refractivity contribution in [1.82, 2.24) is 0 Å². The summed E-state index contributed by atoms with van der Waals surface area (Å²) in [6.07, 6.45) is 4.18. The Morgan fingerprint density at radius 1 is 1.42 bits per heavy atom. The van der Waals surface area contributed by atoms with Crippen LogP contribution in [-0.2, 0) is 4.79 Å². The van der Waals surface area contributed by atoms with Crippen LogP contribution in [0.4, 0.5) is 0 Å². The van der Waals surface area contributed by atoms with Crippen molar-refractivity contribution in [2.45, 2.75) is 13.8 Å². The van der Waals surface area contributed by atoms with Gasteiger partial charge >= 0.3 is 0 Å². The Bertz CT molecular complexity index is 249. The van der Waals surface area contributed by atoms with Crippen molar-refractivity contribution < 1.29 is 4.79 Å². The van der Waals surface area contributed by atoms with Crippen LogP contribution in [-0.4, -0.2) is 6.29 Å². The van der Waals surface area contributed by atoms with Gasteiger partial charge in [0.05, 0.1) is 0 Å². The highest BCUT2D eigenvalue weighted by Crippen LogP contribution is 2.17. The molecule has 0 heterocycles. The number of hydrogen-bond donors (Lipinski definition) is 0. The van der Waals surface area contributed by atoms with Crippen LogP contribution >= 0.6 is 23.2 Å². The van der Waals surface area contributed by atoms with Gasteiger partial charge in [-0.3, -0.25) is 4.79 Å². The molecule has 0 rings (SSSR count). The molecule has 0 saturated heterocycles. The number of carbonyl (C=O) groups is 1. The summed E-state index contributed by atoms with van der Waals surface area (Å²) < 4.78 is 0. The van der Waals surface area contributed by atoms with Gasteiger partial charge in [0.1, 0.15) is 0 Å². The standard InChI is InChI=1S/C9H10Cl2O/c1-3-4-9(11)7(2)8(5-10)6-12/h3-6H,1-2H3/b4-3-,8-5+,9-7+. The molecule has 0 fully saturated rings. The first-order valence-corrected chi connectivity index (χ1v) is 4.23. The summed E-state index contributed by atoms with van der Waals surface area (Å²) >= 11 is 11.2. The van der Waals surface area contributed by atoms with E-state index in [1.165, 1.54) is 5.54 Å². The third-order valence-electron chi connectivity index (χ3n) is 1.35. The van der Waals surface area contributed by atoms with E-state index in [9.17, 15) is 4.79 Å².